The molecule has 1 aromatic carbocycles. The van der Waals surface area contributed by atoms with Crippen LogP contribution in [0.3, 0.4) is 0 Å². The summed E-state index contributed by atoms with van der Waals surface area (Å²) < 4.78 is 26.9. The van der Waals surface area contributed by atoms with E-state index < -0.39 is 10.0 Å². The van der Waals surface area contributed by atoms with Gasteiger partial charge in [0.05, 0.1) is 4.90 Å². The highest BCUT2D eigenvalue weighted by Gasteiger charge is 2.21. The predicted molar refractivity (Wildman–Crippen MR) is 72.0 cm³/mol. The van der Waals surface area contributed by atoms with Gasteiger partial charge < -0.3 is 10.8 Å². The van der Waals surface area contributed by atoms with Crippen LogP contribution in [-0.4, -0.2) is 26.7 Å². The van der Waals surface area contributed by atoms with Crippen LogP contribution in [0.15, 0.2) is 11.0 Å². The minimum absolute atomic E-state index is 0.0452. The molecule has 0 spiro atoms. The van der Waals surface area contributed by atoms with E-state index in [-0.39, 0.29) is 18.0 Å². The molecule has 6 heteroatoms. The van der Waals surface area contributed by atoms with Gasteiger partial charge in [-0.15, -0.1) is 0 Å². The molecule has 0 bridgehead atoms. The number of aliphatic hydroxyl groups is 1. The highest BCUT2D eigenvalue weighted by atomic mass is 32.2. The number of sulfonamides is 1. The maximum Gasteiger partial charge on any atom is 0.241 e. The van der Waals surface area contributed by atoms with E-state index in [9.17, 15) is 8.42 Å². The Morgan fingerprint density at radius 1 is 1.28 bits per heavy atom. The second kappa shape index (κ2) is 5.69. The Morgan fingerprint density at radius 2 is 1.89 bits per heavy atom. The van der Waals surface area contributed by atoms with E-state index in [0.717, 1.165) is 5.56 Å². The van der Waals surface area contributed by atoms with Crippen LogP contribution in [0.1, 0.15) is 23.1 Å². The first-order valence-electron chi connectivity index (χ1n) is 5.78. The topological polar surface area (TPSA) is 92.4 Å². The van der Waals surface area contributed by atoms with E-state index in [2.05, 4.69) is 4.72 Å². The molecule has 0 unspecified atom stereocenters. The largest absolute Gasteiger partial charge is 0.398 e. The average Bonchev–Trinajstić information content (AvgIpc) is 2.26. The molecule has 18 heavy (non-hydrogen) atoms. The Hall–Kier alpha value is -1.11. The van der Waals surface area contributed by atoms with Gasteiger partial charge in [0.1, 0.15) is 0 Å². The maximum atomic E-state index is 12.2. The lowest BCUT2D eigenvalue weighted by Crippen LogP contribution is -2.27. The first kappa shape index (κ1) is 14.9. The number of rotatable bonds is 5. The molecule has 0 amide bonds. The van der Waals surface area contributed by atoms with Gasteiger partial charge in [0.25, 0.3) is 0 Å². The number of benzene rings is 1. The molecule has 0 atom stereocenters. The summed E-state index contributed by atoms with van der Waals surface area (Å²) in [7, 11) is -3.58. The van der Waals surface area contributed by atoms with Crippen molar-refractivity contribution < 1.29 is 13.5 Å². The normalized spacial score (nSPS) is 11.8. The van der Waals surface area contributed by atoms with Crippen molar-refractivity contribution in [3.63, 3.8) is 0 Å². The second-order valence-electron chi connectivity index (χ2n) is 4.34. The van der Waals surface area contributed by atoms with Crippen LogP contribution >= 0.6 is 0 Å². The summed E-state index contributed by atoms with van der Waals surface area (Å²) in [6.45, 7) is 5.46. The molecule has 0 fully saturated rings. The third kappa shape index (κ3) is 3.01. The van der Waals surface area contributed by atoms with Crippen molar-refractivity contribution in [1.29, 1.82) is 0 Å². The number of nitrogens with one attached hydrogen (secondary N) is 1. The van der Waals surface area contributed by atoms with Crippen LogP contribution in [0.4, 0.5) is 5.69 Å². The first-order chi connectivity index (χ1) is 8.31. The molecule has 4 N–H and O–H groups in total. The molecule has 0 heterocycles. The fraction of sp³-hybridized carbons (Fsp3) is 0.500. The first-order valence-corrected chi connectivity index (χ1v) is 7.26. The molecule has 1 rings (SSSR count). The van der Waals surface area contributed by atoms with E-state index in [1.807, 2.05) is 6.92 Å². The van der Waals surface area contributed by atoms with Gasteiger partial charge in [-0.1, -0.05) is 0 Å². The Bertz CT molecular complexity index is 512. The van der Waals surface area contributed by atoms with Gasteiger partial charge in [-0.3, -0.25) is 0 Å². The highest BCUT2D eigenvalue weighted by Crippen LogP contribution is 2.27. The van der Waals surface area contributed by atoms with E-state index in [1.165, 1.54) is 0 Å². The SMILES string of the molecule is Cc1cc(N)c(C)c(S(=O)(=O)NCCCO)c1C. The summed E-state index contributed by atoms with van der Waals surface area (Å²) >= 11 is 0. The summed E-state index contributed by atoms with van der Waals surface area (Å²) in [5, 5.41) is 8.68. The summed E-state index contributed by atoms with van der Waals surface area (Å²) in [5.41, 5.74) is 8.40. The molecule has 5 nitrogen and oxygen atoms in total. The van der Waals surface area contributed by atoms with Crippen molar-refractivity contribution in [3.8, 4) is 0 Å². The average molecular weight is 272 g/mol. The number of nitrogen functional groups attached to an aromatic ring is 1. The lowest BCUT2D eigenvalue weighted by molar-refractivity contribution is 0.289. The molecule has 0 saturated heterocycles. The zero-order valence-corrected chi connectivity index (χ0v) is 11.8. The fourth-order valence-corrected chi connectivity index (χ4v) is 3.44. The fourth-order valence-electron chi connectivity index (χ4n) is 1.80. The molecule has 0 radical (unpaired) electrons. The molecule has 1 aromatic rings. The molecule has 0 saturated carbocycles. The van der Waals surface area contributed by atoms with Gasteiger partial charge >= 0.3 is 0 Å². The Balaban J connectivity index is 3.24. The van der Waals surface area contributed by atoms with Gasteiger partial charge in [-0.2, -0.15) is 0 Å². The smallest absolute Gasteiger partial charge is 0.241 e. The quantitative estimate of drug-likeness (QED) is 0.547. The maximum absolute atomic E-state index is 12.2. The van der Waals surface area contributed by atoms with Crippen molar-refractivity contribution in [2.75, 3.05) is 18.9 Å². The van der Waals surface area contributed by atoms with Crippen LogP contribution in [-0.2, 0) is 10.0 Å². The highest BCUT2D eigenvalue weighted by molar-refractivity contribution is 7.89. The van der Waals surface area contributed by atoms with Crippen LogP contribution in [0.5, 0.6) is 0 Å². The summed E-state index contributed by atoms with van der Waals surface area (Å²) in [4.78, 5) is 0.248. The lowest BCUT2D eigenvalue weighted by Gasteiger charge is -2.15. The molecule has 102 valence electrons. The molecule has 0 aliphatic rings. The Morgan fingerprint density at radius 3 is 2.44 bits per heavy atom. The third-order valence-corrected chi connectivity index (χ3v) is 4.71. The predicted octanol–water partition coefficient (Wildman–Crippen LogP) is 0.855. The van der Waals surface area contributed by atoms with Crippen LogP contribution < -0.4 is 10.5 Å². The van der Waals surface area contributed by atoms with E-state index in [4.69, 9.17) is 10.8 Å². The molecule has 0 aromatic heterocycles. The minimum Gasteiger partial charge on any atom is -0.398 e. The summed E-state index contributed by atoms with van der Waals surface area (Å²) in [5.74, 6) is 0. The minimum atomic E-state index is -3.58. The zero-order chi connectivity index (χ0) is 13.9. The number of hydrogen-bond acceptors (Lipinski definition) is 4. The van der Waals surface area contributed by atoms with Crippen molar-refractivity contribution in [2.24, 2.45) is 0 Å². The van der Waals surface area contributed by atoms with E-state index in [1.54, 1.807) is 19.9 Å². The van der Waals surface area contributed by atoms with Crippen molar-refractivity contribution in [2.45, 2.75) is 32.1 Å². The Kier molecular flexibility index (Phi) is 4.72. The molecular weight excluding hydrogens is 252 g/mol. The number of aliphatic hydroxyl groups excluding tert-OH is 1. The van der Waals surface area contributed by atoms with Crippen LogP contribution in [0, 0.1) is 20.8 Å². The van der Waals surface area contributed by atoms with Gasteiger partial charge in [-0.25, -0.2) is 13.1 Å². The van der Waals surface area contributed by atoms with Gasteiger partial charge in [-0.05, 0) is 49.9 Å². The van der Waals surface area contributed by atoms with Crippen LogP contribution in [0.2, 0.25) is 0 Å². The monoisotopic (exact) mass is 272 g/mol. The number of aryl methyl sites for hydroxylation is 1. The second-order valence-corrected chi connectivity index (χ2v) is 6.04. The third-order valence-electron chi connectivity index (χ3n) is 2.97. The van der Waals surface area contributed by atoms with Gasteiger partial charge in [0.2, 0.25) is 10.0 Å². The lowest BCUT2D eigenvalue weighted by atomic mass is 10.1. The molecule has 0 aliphatic carbocycles. The van der Waals surface area contributed by atoms with Crippen molar-refractivity contribution >= 4 is 15.7 Å². The van der Waals surface area contributed by atoms with E-state index >= 15 is 0 Å². The Labute approximate surface area is 108 Å². The summed E-state index contributed by atoms with van der Waals surface area (Å²) in [6, 6.07) is 1.78. The number of anilines is 1. The van der Waals surface area contributed by atoms with Gasteiger partial charge in [0.15, 0.2) is 0 Å². The number of nitrogens with two attached hydrogens (primary N) is 1. The van der Waals surface area contributed by atoms with Crippen molar-refractivity contribution in [1.82, 2.24) is 4.72 Å². The van der Waals surface area contributed by atoms with E-state index in [0.29, 0.717) is 23.2 Å². The van der Waals surface area contributed by atoms with Crippen LogP contribution in [0.25, 0.3) is 0 Å². The molecular formula is C12H20N2O3S. The van der Waals surface area contributed by atoms with Crippen molar-refractivity contribution in [3.05, 3.63) is 22.8 Å². The number of hydrogen-bond donors (Lipinski definition) is 3. The molecule has 0 aliphatic heterocycles. The standard InChI is InChI=1S/C12H20N2O3S/c1-8-7-11(13)10(3)12(9(8)2)18(16,17)14-5-4-6-15/h7,14-15H,4-6,13H2,1-3H3. The summed E-state index contributed by atoms with van der Waals surface area (Å²) in [6.07, 6.45) is 0.388. The van der Waals surface area contributed by atoms with Gasteiger partial charge in [0, 0.05) is 18.8 Å². The zero-order valence-electron chi connectivity index (χ0n) is 10.9.